The lowest BCUT2D eigenvalue weighted by Gasteiger charge is -2.18. The maximum atomic E-state index is 5.41. The van der Waals surface area contributed by atoms with Gasteiger partial charge in [-0.15, -0.1) is 0 Å². The van der Waals surface area contributed by atoms with Crippen LogP contribution >= 0.6 is 0 Å². The van der Waals surface area contributed by atoms with Gasteiger partial charge in [-0.1, -0.05) is 0 Å². The first-order valence-corrected chi connectivity index (χ1v) is 6.44. The molecule has 0 fully saturated rings. The van der Waals surface area contributed by atoms with E-state index in [-0.39, 0.29) is 6.04 Å². The van der Waals surface area contributed by atoms with Crippen molar-refractivity contribution < 1.29 is 4.74 Å². The summed E-state index contributed by atoms with van der Waals surface area (Å²) in [5.41, 5.74) is 0.939. The number of methoxy groups -OCH3 is 1. The summed E-state index contributed by atoms with van der Waals surface area (Å²) >= 11 is 0. The molecule has 2 aromatic rings. The molecule has 0 saturated carbocycles. The molecular weight excluding hydrogens is 258 g/mol. The monoisotopic (exact) mass is 279 g/mol. The molecule has 2 aromatic heterocycles. The summed E-state index contributed by atoms with van der Waals surface area (Å²) in [5.74, 6) is 1.47. The van der Waals surface area contributed by atoms with Gasteiger partial charge in [0.15, 0.2) is 5.75 Å². The Morgan fingerprint density at radius 3 is 2.85 bits per heavy atom. The molecule has 110 valence electrons. The Morgan fingerprint density at radius 1 is 1.50 bits per heavy atom. The minimum Gasteiger partial charge on any atom is -0.493 e. The molecule has 2 rings (SSSR count). The summed E-state index contributed by atoms with van der Waals surface area (Å²) in [6.07, 6.45) is 3.22. The minimum atomic E-state index is -0.142. The molecule has 0 aliphatic carbocycles. The number of likely N-dealkylation sites (N-methyl/N-ethyl adjacent to an activating group) is 1. The fraction of sp³-hybridized carbons (Fsp3) is 0.583. The number of aromatic amines is 1. The lowest BCUT2D eigenvalue weighted by atomic mass is 10.2. The molecule has 1 unspecified atom stereocenters. The van der Waals surface area contributed by atoms with E-state index in [0.717, 1.165) is 30.4 Å². The van der Waals surface area contributed by atoms with E-state index in [1.807, 2.05) is 25.8 Å². The molecule has 20 heavy (non-hydrogen) atoms. The molecule has 0 saturated heterocycles. The highest BCUT2D eigenvalue weighted by Gasteiger charge is 2.24. The summed E-state index contributed by atoms with van der Waals surface area (Å²) in [5, 5.41) is 14.4. The van der Waals surface area contributed by atoms with Crippen molar-refractivity contribution in [2.24, 2.45) is 0 Å². The van der Waals surface area contributed by atoms with Gasteiger partial charge in [0.05, 0.1) is 19.9 Å². The molecular formula is C12H21N7O. The van der Waals surface area contributed by atoms with Crippen molar-refractivity contribution >= 4 is 0 Å². The summed E-state index contributed by atoms with van der Waals surface area (Å²) < 4.78 is 7.35. The van der Waals surface area contributed by atoms with Gasteiger partial charge in [0.25, 0.3) is 0 Å². The average Bonchev–Trinajstić information content (AvgIpc) is 3.07. The number of nitrogens with zero attached hydrogens (tertiary/aromatic N) is 5. The van der Waals surface area contributed by atoms with Crippen molar-refractivity contribution in [2.45, 2.75) is 12.6 Å². The Kier molecular flexibility index (Phi) is 4.70. The molecule has 0 aromatic carbocycles. The maximum Gasteiger partial charge on any atom is 0.162 e. The highest BCUT2D eigenvalue weighted by atomic mass is 16.5. The molecule has 0 aliphatic rings. The number of rotatable bonds is 7. The van der Waals surface area contributed by atoms with Crippen LogP contribution in [0, 0.1) is 0 Å². The highest BCUT2D eigenvalue weighted by molar-refractivity contribution is 5.32. The molecule has 0 bridgehead atoms. The van der Waals surface area contributed by atoms with Crippen LogP contribution in [-0.2, 0) is 6.54 Å². The summed E-state index contributed by atoms with van der Waals surface area (Å²) in [6.45, 7) is 1.67. The first kappa shape index (κ1) is 14.5. The molecule has 1 atom stereocenters. The van der Waals surface area contributed by atoms with E-state index in [2.05, 4.69) is 30.5 Å². The predicted octanol–water partition coefficient (Wildman–Crippen LogP) is -0.120. The van der Waals surface area contributed by atoms with Crippen LogP contribution in [0.3, 0.4) is 0 Å². The third-order valence-electron chi connectivity index (χ3n) is 3.09. The number of aromatic nitrogens is 5. The summed E-state index contributed by atoms with van der Waals surface area (Å²) in [4.78, 5) is 6.33. The van der Waals surface area contributed by atoms with Crippen molar-refractivity contribution in [2.75, 3.05) is 34.8 Å². The van der Waals surface area contributed by atoms with Crippen LogP contribution in [-0.4, -0.2) is 64.7 Å². The summed E-state index contributed by atoms with van der Waals surface area (Å²) in [7, 11) is 7.58. The number of ether oxygens (including phenoxy) is 1. The van der Waals surface area contributed by atoms with Crippen LogP contribution in [0.25, 0.3) is 0 Å². The van der Waals surface area contributed by atoms with E-state index in [1.54, 1.807) is 13.3 Å². The van der Waals surface area contributed by atoms with Gasteiger partial charge in [-0.05, 0) is 21.1 Å². The van der Waals surface area contributed by atoms with Gasteiger partial charge >= 0.3 is 0 Å². The van der Waals surface area contributed by atoms with Crippen molar-refractivity contribution in [3.63, 3.8) is 0 Å². The Labute approximate surface area is 118 Å². The predicted molar refractivity (Wildman–Crippen MR) is 74.6 cm³/mol. The second-order valence-corrected chi connectivity index (χ2v) is 4.72. The Bertz CT molecular complexity index is 520. The van der Waals surface area contributed by atoms with Gasteiger partial charge in [0, 0.05) is 6.54 Å². The second-order valence-electron chi connectivity index (χ2n) is 4.72. The number of nitrogens with one attached hydrogen (secondary N) is 2. The molecule has 0 radical (unpaired) electrons. The minimum absolute atomic E-state index is 0.142. The van der Waals surface area contributed by atoms with E-state index in [0.29, 0.717) is 0 Å². The van der Waals surface area contributed by atoms with Crippen molar-refractivity contribution in [3.8, 4) is 5.75 Å². The largest absolute Gasteiger partial charge is 0.493 e. The molecule has 8 nitrogen and oxygen atoms in total. The van der Waals surface area contributed by atoms with E-state index in [1.165, 1.54) is 6.33 Å². The first-order valence-electron chi connectivity index (χ1n) is 6.44. The van der Waals surface area contributed by atoms with E-state index < -0.39 is 0 Å². The van der Waals surface area contributed by atoms with E-state index >= 15 is 0 Å². The number of hydrogen-bond acceptors (Lipinski definition) is 6. The zero-order valence-corrected chi connectivity index (χ0v) is 12.3. The van der Waals surface area contributed by atoms with Gasteiger partial charge in [0.1, 0.15) is 23.9 Å². The van der Waals surface area contributed by atoms with Crippen molar-refractivity contribution in [1.29, 1.82) is 0 Å². The zero-order valence-electron chi connectivity index (χ0n) is 12.3. The number of hydrogen-bond donors (Lipinski definition) is 2. The zero-order chi connectivity index (χ0) is 14.5. The van der Waals surface area contributed by atoms with Gasteiger partial charge in [-0.25, -0.2) is 4.98 Å². The van der Waals surface area contributed by atoms with Crippen LogP contribution in [0.4, 0.5) is 0 Å². The van der Waals surface area contributed by atoms with Crippen molar-refractivity contribution in [3.05, 3.63) is 24.0 Å². The SMILES string of the molecule is CNC(c1ncn[nH]1)c1c(OC)cnn1CCN(C)C. The lowest BCUT2D eigenvalue weighted by molar-refractivity contribution is 0.360. The van der Waals surface area contributed by atoms with Crippen LogP contribution in [0.15, 0.2) is 12.5 Å². The molecule has 0 spiro atoms. The fourth-order valence-corrected chi connectivity index (χ4v) is 2.06. The molecule has 0 amide bonds. The van der Waals surface area contributed by atoms with Gasteiger partial charge in [-0.3, -0.25) is 9.78 Å². The van der Waals surface area contributed by atoms with Gasteiger partial charge in [-0.2, -0.15) is 10.2 Å². The number of H-pyrrole nitrogens is 1. The molecule has 2 heterocycles. The lowest BCUT2D eigenvalue weighted by Crippen LogP contribution is -2.26. The van der Waals surface area contributed by atoms with Gasteiger partial charge < -0.3 is 15.0 Å². The highest BCUT2D eigenvalue weighted by Crippen LogP contribution is 2.27. The molecule has 0 aliphatic heterocycles. The second kappa shape index (κ2) is 6.49. The standard InChI is InChI=1S/C12H21N7O/c1-13-10(12-14-8-15-17-12)11-9(20-4)7-16-19(11)6-5-18(2)3/h7-8,10,13H,5-6H2,1-4H3,(H,14,15,17). The van der Waals surface area contributed by atoms with Crippen molar-refractivity contribution in [1.82, 2.24) is 35.2 Å². The topological polar surface area (TPSA) is 83.9 Å². The first-order chi connectivity index (χ1) is 9.67. The molecule has 8 heteroatoms. The summed E-state index contributed by atoms with van der Waals surface area (Å²) in [6, 6.07) is -0.142. The average molecular weight is 279 g/mol. The van der Waals surface area contributed by atoms with Gasteiger partial charge in [0.2, 0.25) is 0 Å². The van der Waals surface area contributed by atoms with Crippen LogP contribution in [0.2, 0.25) is 0 Å². The fourth-order valence-electron chi connectivity index (χ4n) is 2.06. The van der Waals surface area contributed by atoms with Crippen LogP contribution in [0.1, 0.15) is 17.6 Å². The maximum absolute atomic E-state index is 5.41. The normalized spacial score (nSPS) is 12.8. The smallest absolute Gasteiger partial charge is 0.162 e. The van der Waals surface area contributed by atoms with E-state index in [9.17, 15) is 0 Å². The third kappa shape index (κ3) is 2.97. The van der Waals surface area contributed by atoms with E-state index in [4.69, 9.17) is 4.74 Å². The Morgan fingerprint density at radius 2 is 2.30 bits per heavy atom. The Balaban J connectivity index is 2.34. The Hall–Kier alpha value is -1.93. The third-order valence-corrected chi connectivity index (χ3v) is 3.09. The van der Waals surface area contributed by atoms with Crippen LogP contribution in [0.5, 0.6) is 5.75 Å². The van der Waals surface area contributed by atoms with Crippen LogP contribution < -0.4 is 10.1 Å². The molecule has 2 N–H and O–H groups in total. The quantitative estimate of drug-likeness (QED) is 0.735.